The SMILES string of the molecule is C=C1CCC(n2c(C)nc3cccc(NC(=O)C4CC4)c3c2=O)C(=O)N1. The minimum Gasteiger partial charge on any atom is -0.329 e. The van der Waals surface area contributed by atoms with E-state index in [1.807, 2.05) is 0 Å². The summed E-state index contributed by atoms with van der Waals surface area (Å²) < 4.78 is 1.43. The zero-order valence-electron chi connectivity index (χ0n) is 14.5. The van der Waals surface area contributed by atoms with Gasteiger partial charge in [0.25, 0.3) is 5.56 Å². The number of carbonyl (C=O) groups is 2. The van der Waals surface area contributed by atoms with Gasteiger partial charge in [-0.3, -0.25) is 19.0 Å². The van der Waals surface area contributed by atoms with E-state index in [1.54, 1.807) is 25.1 Å². The number of rotatable bonds is 3. The Balaban J connectivity index is 1.84. The fourth-order valence-electron chi connectivity index (χ4n) is 3.41. The van der Waals surface area contributed by atoms with Gasteiger partial charge in [0.15, 0.2) is 0 Å². The lowest BCUT2D eigenvalue weighted by atomic mass is 10.0. The molecule has 7 heteroatoms. The van der Waals surface area contributed by atoms with E-state index in [0.29, 0.717) is 41.0 Å². The number of hydrogen-bond acceptors (Lipinski definition) is 4. The highest BCUT2D eigenvalue weighted by molar-refractivity contribution is 6.02. The van der Waals surface area contributed by atoms with Crippen molar-refractivity contribution in [2.45, 2.75) is 38.6 Å². The average Bonchev–Trinajstić information content (AvgIpc) is 3.41. The molecule has 1 atom stereocenters. The first-order chi connectivity index (χ1) is 12.5. The first kappa shape index (κ1) is 16.5. The van der Waals surface area contributed by atoms with Gasteiger partial charge in [0.2, 0.25) is 11.8 Å². The molecule has 2 heterocycles. The minimum absolute atomic E-state index is 0.0287. The topological polar surface area (TPSA) is 93.1 Å². The quantitative estimate of drug-likeness (QED) is 0.884. The largest absolute Gasteiger partial charge is 0.329 e. The van der Waals surface area contributed by atoms with E-state index >= 15 is 0 Å². The molecule has 1 unspecified atom stereocenters. The van der Waals surface area contributed by atoms with Gasteiger partial charge in [-0.05, 0) is 44.7 Å². The smallest absolute Gasteiger partial charge is 0.264 e. The Morgan fingerprint density at radius 2 is 2.08 bits per heavy atom. The Kier molecular flexibility index (Phi) is 3.86. The third-order valence-corrected chi connectivity index (χ3v) is 4.95. The van der Waals surface area contributed by atoms with E-state index in [4.69, 9.17) is 0 Å². The molecule has 0 spiro atoms. The van der Waals surface area contributed by atoms with Crippen LogP contribution in [0.2, 0.25) is 0 Å². The molecule has 1 aromatic carbocycles. The predicted octanol–water partition coefficient (Wildman–Crippen LogP) is 2.02. The van der Waals surface area contributed by atoms with Gasteiger partial charge in [-0.25, -0.2) is 4.98 Å². The van der Waals surface area contributed by atoms with Crippen LogP contribution in [0.1, 0.15) is 37.5 Å². The zero-order valence-corrected chi connectivity index (χ0v) is 14.5. The van der Waals surface area contributed by atoms with Crippen molar-refractivity contribution in [1.82, 2.24) is 14.9 Å². The fraction of sp³-hybridized carbons (Fsp3) is 0.368. The molecule has 0 bridgehead atoms. The summed E-state index contributed by atoms with van der Waals surface area (Å²) >= 11 is 0. The second-order valence-corrected chi connectivity index (χ2v) is 6.94. The second kappa shape index (κ2) is 6.09. The molecule has 26 heavy (non-hydrogen) atoms. The number of benzene rings is 1. The first-order valence-electron chi connectivity index (χ1n) is 8.77. The van der Waals surface area contributed by atoms with Crippen molar-refractivity contribution in [1.29, 1.82) is 0 Å². The van der Waals surface area contributed by atoms with Crippen LogP contribution in [-0.2, 0) is 9.59 Å². The minimum atomic E-state index is -0.628. The summed E-state index contributed by atoms with van der Waals surface area (Å²) in [5.41, 5.74) is 1.30. The molecule has 1 aromatic heterocycles. The van der Waals surface area contributed by atoms with Gasteiger partial charge < -0.3 is 10.6 Å². The van der Waals surface area contributed by atoms with Gasteiger partial charge in [0.05, 0.1) is 16.6 Å². The lowest BCUT2D eigenvalue weighted by Crippen LogP contribution is -2.41. The highest BCUT2D eigenvalue weighted by Crippen LogP contribution is 2.31. The van der Waals surface area contributed by atoms with Crippen LogP contribution in [0.5, 0.6) is 0 Å². The molecule has 1 saturated heterocycles. The molecule has 134 valence electrons. The van der Waals surface area contributed by atoms with Crippen molar-refractivity contribution in [2.24, 2.45) is 5.92 Å². The van der Waals surface area contributed by atoms with E-state index in [0.717, 1.165) is 12.8 Å². The zero-order chi connectivity index (χ0) is 18.4. The summed E-state index contributed by atoms with van der Waals surface area (Å²) in [5, 5.41) is 5.90. The Bertz CT molecular complexity index is 1000. The second-order valence-electron chi connectivity index (χ2n) is 6.94. The number of piperidine rings is 1. The predicted molar refractivity (Wildman–Crippen MR) is 97.6 cm³/mol. The van der Waals surface area contributed by atoms with Gasteiger partial charge >= 0.3 is 0 Å². The Labute approximate surface area is 150 Å². The molecule has 2 amide bonds. The number of fused-ring (bicyclic) bond motifs is 1. The third kappa shape index (κ3) is 2.79. The number of nitrogens with zero attached hydrogens (tertiary/aromatic N) is 2. The molecule has 0 radical (unpaired) electrons. The molecule has 1 aliphatic heterocycles. The standard InChI is InChI=1S/C19H20N4O3/c1-10-6-9-15(18(25)20-10)23-11(2)21-13-4-3-5-14(16(13)19(23)26)22-17(24)12-7-8-12/h3-5,12,15H,1,6-9H2,2H3,(H,20,25)(H,22,24). The molecule has 1 saturated carbocycles. The number of amides is 2. The van der Waals surface area contributed by atoms with Crippen LogP contribution in [0.4, 0.5) is 5.69 Å². The van der Waals surface area contributed by atoms with E-state index < -0.39 is 6.04 Å². The molecule has 7 nitrogen and oxygen atoms in total. The average molecular weight is 352 g/mol. The van der Waals surface area contributed by atoms with Crippen LogP contribution in [0.15, 0.2) is 35.3 Å². The number of nitrogens with one attached hydrogen (secondary N) is 2. The molecule has 2 aliphatic rings. The van der Waals surface area contributed by atoms with Crippen molar-refractivity contribution >= 4 is 28.4 Å². The van der Waals surface area contributed by atoms with Crippen molar-refractivity contribution in [3.63, 3.8) is 0 Å². The number of hydrogen-bond donors (Lipinski definition) is 2. The Hall–Kier alpha value is -2.96. The van der Waals surface area contributed by atoms with E-state index in [1.165, 1.54) is 4.57 Å². The van der Waals surface area contributed by atoms with Crippen molar-refractivity contribution in [2.75, 3.05) is 5.32 Å². The highest BCUT2D eigenvalue weighted by Gasteiger charge is 2.31. The summed E-state index contributed by atoms with van der Waals surface area (Å²) in [6, 6.07) is 4.58. The lowest BCUT2D eigenvalue weighted by Gasteiger charge is -2.26. The van der Waals surface area contributed by atoms with Gasteiger partial charge in [0, 0.05) is 11.6 Å². The molecule has 1 aliphatic carbocycles. The van der Waals surface area contributed by atoms with Gasteiger partial charge in [0.1, 0.15) is 11.9 Å². The summed E-state index contributed by atoms with van der Waals surface area (Å²) in [5.74, 6) is 0.171. The molecule has 2 fully saturated rings. The van der Waals surface area contributed by atoms with Crippen LogP contribution in [0, 0.1) is 12.8 Å². The van der Waals surface area contributed by atoms with E-state index in [9.17, 15) is 14.4 Å². The Morgan fingerprint density at radius 3 is 2.77 bits per heavy atom. The maximum Gasteiger partial charge on any atom is 0.264 e. The van der Waals surface area contributed by atoms with Crippen LogP contribution in [0.25, 0.3) is 10.9 Å². The third-order valence-electron chi connectivity index (χ3n) is 4.95. The first-order valence-corrected chi connectivity index (χ1v) is 8.77. The summed E-state index contributed by atoms with van der Waals surface area (Å²) in [6.45, 7) is 5.49. The number of carbonyl (C=O) groups excluding carboxylic acids is 2. The van der Waals surface area contributed by atoms with Crippen LogP contribution in [-0.4, -0.2) is 21.4 Å². The summed E-state index contributed by atoms with van der Waals surface area (Å²) in [4.78, 5) is 42.3. The van der Waals surface area contributed by atoms with Crippen molar-refractivity contribution < 1.29 is 9.59 Å². The molecule has 2 aromatic rings. The number of allylic oxidation sites excluding steroid dienone is 1. The normalized spacial score (nSPS) is 20.1. The summed E-state index contributed by atoms with van der Waals surface area (Å²) in [6.07, 6.45) is 2.87. The number of aromatic nitrogens is 2. The molecular formula is C19H20N4O3. The lowest BCUT2D eigenvalue weighted by molar-refractivity contribution is -0.125. The van der Waals surface area contributed by atoms with Crippen LogP contribution >= 0.6 is 0 Å². The number of aryl methyl sites for hydroxylation is 1. The van der Waals surface area contributed by atoms with E-state index in [2.05, 4.69) is 22.2 Å². The van der Waals surface area contributed by atoms with Gasteiger partial charge in [-0.1, -0.05) is 12.6 Å². The molecular weight excluding hydrogens is 332 g/mol. The Morgan fingerprint density at radius 1 is 1.31 bits per heavy atom. The monoisotopic (exact) mass is 352 g/mol. The van der Waals surface area contributed by atoms with Gasteiger partial charge in [-0.15, -0.1) is 0 Å². The molecule has 4 rings (SSSR count). The maximum atomic E-state index is 13.2. The highest BCUT2D eigenvalue weighted by atomic mass is 16.2. The molecule has 2 N–H and O–H groups in total. The fourth-order valence-corrected chi connectivity index (χ4v) is 3.41. The van der Waals surface area contributed by atoms with Crippen LogP contribution in [0.3, 0.4) is 0 Å². The maximum absolute atomic E-state index is 13.2. The van der Waals surface area contributed by atoms with Crippen LogP contribution < -0.4 is 16.2 Å². The van der Waals surface area contributed by atoms with Crippen molar-refractivity contribution in [3.8, 4) is 0 Å². The summed E-state index contributed by atoms with van der Waals surface area (Å²) in [7, 11) is 0. The number of anilines is 1. The van der Waals surface area contributed by atoms with E-state index in [-0.39, 0.29) is 23.3 Å². The van der Waals surface area contributed by atoms with Gasteiger partial charge in [-0.2, -0.15) is 0 Å². The van der Waals surface area contributed by atoms with Crippen molar-refractivity contribution in [3.05, 3.63) is 46.7 Å².